The van der Waals surface area contributed by atoms with Crippen molar-refractivity contribution in [2.75, 3.05) is 14.1 Å². The molecule has 1 aromatic carbocycles. The largest absolute Gasteiger partial charge is 0.357 e. The zero-order valence-corrected chi connectivity index (χ0v) is 23.8. The molecular formula is C33H38FN5. The Morgan fingerprint density at radius 3 is 2.54 bits per heavy atom. The van der Waals surface area contributed by atoms with E-state index in [0.717, 1.165) is 67.6 Å². The molecule has 6 heteroatoms. The third kappa shape index (κ3) is 7.18. The molecule has 0 atom stereocenters. The van der Waals surface area contributed by atoms with E-state index in [4.69, 9.17) is 0 Å². The second kappa shape index (κ2) is 13.5. The molecule has 0 saturated heterocycles. The Kier molecular flexibility index (Phi) is 10.1. The molecule has 2 N–H and O–H groups in total. The molecule has 0 aliphatic heterocycles. The lowest BCUT2D eigenvalue weighted by molar-refractivity contribution is 0.402. The van der Waals surface area contributed by atoms with Crippen molar-refractivity contribution < 1.29 is 4.39 Å². The number of pyridine rings is 1. The minimum absolute atomic E-state index is 0.281. The van der Waals surface area contributed by atoms with Gasteiger partial charge in [-0.25, -0.2) is 4.39 Å². The van der Waals surface area contributed by atoms with Gasteiger partial charge in [-0.05, 0) is 86.1 Å². The zero-order chi connectivity index (χ0) is 28.5. The lowest BCUT2D eigenvalue weighted by Crippen LogP contribution is -2.21. The third-order valence-corrected chi connectivity index (χ3v) is 6.13. The fourth-order valence-corrected chi connectivity index (χ4v) is 4.28. The van der Waals surface area contributed by atoms with Crippen molar-refractivity contribution in [1.29, 1.82) is 0 Å². The minimum atomic E-state index is -0.281. The Bertz CT molecular complexity index is 1600. The van der Waals surface area contributed by atoms with E-state index in [0.29, 0.717) is 0 Å². The Hall–Kier alpha value is -4.29. The van der Waals surface area contributed by atoms with Crippen molar-refractivity contribution in [2.45, 2.75) is 34.2 Å². The lowest BCUT2D eigenvalue weighted by atomic mass is 9.97. The number of allylic oxidation sites excluding steroid dienone is 4. The van der Waals surface area contributed by atoms with Crippen LogP contribution in [0.1, 0.15) is 48.7 Å². The van der Waals surface area contributed by atoms with Gasteiger partial charge in [-0.2, -0.15) is 5.10 Å². The second-order valence-electron chi connectivity index (χ2n) is 9.35. The van der Waals surface area contributed by atoms with Gasteiger partial charge in [0.05, 0.1) is 11.0 Å². The van der Waals surface area contributed by atoms with Gasteiger partial charge in [0.15, 0.2) is 0 Å². The summed E-state index contributed by atoms with van der Waals surface area (Å²) in [5, 5.41) is 9.25. The summed E-state index contributed by atoms with van der Waals surface area (Å²) in [7, 11) is 4.09. The quantitative estimate of drug-likeness (QED) is 0.269. The first-order valence-corrected chi connectivity index (χ1v) is 13.1. The van der Waals surface area contributed by atoms with Crippen LogP contribution in [0.3, 0.4) is 0 Å². The molecule has 3 aromatic heterocycles. The van der Waals surface area contributed by atoms with Crippen molar-refractivity contribution in [3.8, 4) is 11.4 Å². The molecule has 4 aromatic rings. The predicted molar refractivity (Wildman–Crippen MR) is 163 cm³/mol. The number of aryl methyl sites for hydroxylation is 1. The van der Waals surface area contributed by atoms with Gasteiger partial charge in [0, 0.05) is 35.4 Å². The van der Waals surface area contributed by atoms with Gasteiger partial charge in [0.2, 0.25) is 0 Å². The summed E-state index contributed by atoms with van der Waals surface area (Å²) < 4.78 is 13.9. The number of rotatable bonds is 8. The SMILES string of the molecule is C=C/C=C(/c1cccc(F)c1)c1cc(-c2n[nH]/c(=C/C=C(\C)c3cncc(CN(C)C)c3)c2=C)[nH]c1C.CC. The van der Waals surface area contributed by atoms with Gasteiger partial charge in [-0.3, -0.25) is 10.1 Å². The lowest BCUT2D eigenvalue weighted by Gasteiger charge is -2.10. The number of aromatic nitrogens is 4. The van der Waals surface area contributed by atoms with Crippen LogP contribution < -0.4 is 10.6 Å². The van der Waals surface area contributed by atoms with Crippen LogP contribution in [0.25, 0.3) is 35.2 Å². The summed E-state index contributed by atoms with van der Waals surface area (Å²) in [6, 6.07) is 10.7. The van der Waals surface area contributed by atoms with Crippen molar-refractivity contribution in [2.24, 2.45) is 0 Å². The summed E-state index contributed by atoms with van der Waals surface area (Å²) in [6.45, 7) is 17.0. The van der Waals surface area contributed by atoms with E-state index in [1.165, 1.54) is 12.1 Å². The van der Waals surface area contributed by atoms with E-state index in [1.54, 1.807) is 12.1 Å². The van der Waals surface area contributed by atoms with Crippen LogP contribution in [0.5, 0.6) is 0 Å². The molecule has 4 rings (SSSR count). The summed E-state index contributed by atoms with van der Waals surface area (Å²) in [5.74, 6) is -0.281. The number of nitrogens with one attached hydrogen (secondary N) is 2. The standard InChI is InChI=1S/C31H32FN5.C2H6/c1-7-9-27(24-10-8-11-26(32)15-24)28-16-30(34-22(28)4)31-21(3)29(35-36-31)13-12-20(2)25-14-23(17-33-18-25)19-37(5)6;1-2/h7-18,34-35H,1,3,19H2,2,4-6H3;1-2H3/b20-12+,27-9-,29-13+;. The molecule has 0 fully saturated rings. The molecule has 0 spiro atoms. The van der Waals surface area contributed by atoms with Gasteiger partial charge in [0.1, 0.15) is 11.5 Å². The van der Waals surface area contributed by atoms with Crippen LogP contribution in [-0.2, 0) is 6.54 Å². The number of aromatic amines is 2. The number of benzene rings is 1. The number of H-pyrrole nitrogens is 2. The summed E-state index contributed by atoms with van der Waals surface area (Å²) in [4.78, 5) is 9.93. The molecule has 0 radical (unpaired) electrons. The molecule has 3 heterocycles. The van der Waals surface area contributed by atoms with E-state index in [9.17, 15) is 4.39 Å². The van der Waals surface area contributed by atoms with Crippen LogP contribution in [-0.4, -0.2) is 39.2 Å². The van der Waals surface area contributed by atoms with Crippen molar-refractivity contribution >= 4 is 23.8 Å². The van der Waals surface area contributed by atoms with Crippen LogP contribution in [0.4, 0.5) is 4.39 Å². The van der Waals surface area contributed by atoms with E-state index >= 15 is 0 Å². The highest BCUT2D eigenvalue weighted by molar-refractivity contribution is 5.84. The number of halogens is 1. The highest BCUT2D eigenvalue weighted by Gasteiger charge is 2.15. The molecule has 0 saturated carbocycles. The smallest absolute Gasteiger partial charge is 0.123 e. The predicted octanol–water partition coefficient (Wildman–Crippen LogP) is 6.25. The van der Waals surface area contributed by atoms with Gasteiger partial charge < -0.3 is 9.88 Å². The molecule has 0 aliphatic carbocycles. The van der Waals surface area contributed by atoms with Crippen LogP contribution >= 0.6 is 0 Å². The fraction of sp³-hybridized carbons (Fsp3) is 0.212. The van der Waals surface area contributed by atoms with Gasteiger partial charge in [0.25, 0.3) is 0 Å². The molecular weight excluding hydrogens is 485 g/mol. The first-order valence-electron chi connectivity index (χ1n) is 13.1. The molecule has 0 unspecified atom stereocenters. The van der Waals surface area contributed by atoms with Crippen LogP contribution in [0, 0.1) is 12.7 Å². The first-order chi connectivity index (χ1) is 18.8. The molecule has 0 amide bonds. The van der Waals surface area contributed by atoms with E-state index in [1.807, 2.05) is 77.6 Å². The van der Waals surface area contributed by atoms with Crippen LogP contribution in [0.15, 0.2) is 73.6 Å². The molecule has 39 heavy (non-hydrogen) atoms. The molecule has 0 aliphatic rings. The minimum Gasteiger partial charge on any atom is -0.357 e. The number of hydrogen-bond acceptors (Lipinski definition) is 3. The summed E-state index contributed by atoms with van der Waals surface area (Å²) in [5.41, 5.74) is 8.46. The highest BCUT2D eigenvalue weighted by Crippen LogP contribution is 2.29. The van der Waals surface area contributed by atoms with Crippen molar-refractivity contribution in [3.63, 3.8) is 0 Å². The zero-order valence-electron chi connectivity index (χ0n) is 23.8. The van der Waals surface area contributed by atoms with Gasteiger partial charge >= 0.3 is 0 Å². The number of nitrogens with zero attached hydrogens (tertiary/aromatic N) is 3. The average molecular weight is 524 g/mol. The molecule has 0 bridgehead atoms. The van der Waals surface area contributed by atoms with E-state index in [2.05, 4.69) is 51.2 Å². The normalized spacial score (nSPS) is 12.5. The third-order valence-electron chi connectivity index (χ3n) is 6.13. The van der Waals surface area contributed by atoms with Crippen LogP contribution in [0.2, 0.25) is 0 Å². The molecule has 202 valence electrons. The Balaban J connectivity index is 0.00000205. The summed E-state index contributed by atoms with van der Waals surface area (Å²) >= 11 is 0. The van der Waals surface area contributed by atoms with Crippen molar-refractivity contribution in [1.82, 2.24) is 25.1 Å². The average Bonchev–Trinajstić information content (AvgIpc) is 3.48. The van der Waals surface area contributed by atoms with E-state index in [-0.39, 0.29) is 5.82 Å². The van der Waals surface area contributed by atoms with E-state index < -0.39 is 0 Å². The summed E-state index contributed by atoms with van der Waals surface area (Å²) in [6.07, 6.45) is 11.4. The highest BCUT2D eigenvalue weighted by atomic mass is 19.1. The number of hydrogen-bond donors (Lipinski definition) is 2. The first kappa shape index (κ1) is 29.3. The topological polar surface area (TPSA) is 60.6 Å². The Morgan fingerprint density at radius 1 is 1.08 bits per heavy atom. The van der Waals surface area contributed by atoms with Crippen molar-refractivity contribution in [3.05, 3.63) is 118 Å². The Labute approximate surface area is 230 Å². The molecule has 5 nitrogen and oxygen atoms in total. The Morgan fingerprint density at radius 2 is 1.85 bits per heavy atom. The second-order valence-corrected chi connectivity index (χ2v) is 9.35. The maximum Gasteiger partial charge on any atom is 0.123 e. The maximum atomic E-state index is 13.9. The maximum absolute atomic E-state index is 13.9. The van der Waals surface area contributed by atoms with Gasteiger partial charge in [-0.15, -0.1) is 0 Å². The monoisotopic (exact) mass is 523 g/mol. The fourth-order valence-electron chi connectivity index (χ4n) is 4.28. The van der Waals surface area contributed by atoms with Gasteiger partial charge in [-0.1, -0.05) is 57.4 Å².